The van der Waals surface area contributed by atoms with E-state index in [9.17, 15) is 9.59 Å². The molecule has 178 valence electrons. The van der Waals surface area contributed by atoms with Gasteiger partial charge in [-0.3, -0.25) is 9.59 Å². The minimum atomic E-state index is -0.699. The topological polar surface area (TPSA) is 88.5 Å². The van der Waals surface area contributed by atoms with Gasteiger partial charge >= 0.3 is 0 Å². The number of imidazole rings is 1. The first-order valence-corrected chi connectivity index (χ1v) is 11.3. The molecule has 0 bridgehead atoms. The zero-order chi connectivity index (χ0) is 24.2. The van der Waals surface area contributed by atoms with Crippen LogP contribution in [-0.2, 0) is 22.6 Å². The Morgan fingerprint density at radius 2 is 2.00 bits per heavy atom. The van der Waals surface area contributed by atoms with Gasteiger partial charge in [0.2, 0.25) is 5.91 Å². The summed E-state index contributed by atoms with van der Waals surface area (Å²) in [6, 6.07) is -0.699. The van der Waals surface area contributed by atoms with Crippen LogP contribution < -0.4 is 10.6 Å². The molecule has 0 saturated heterocycles. The summed E-state index contributed by atoms with van der Waals surface area (Å²) < 4.78 is 8.08. The first-order valence-electron chi connectivity index (χ1n) is 11.3. The van der Waals surface area contributed by atoms with E-state index in [1.807, 2.05) is 58.2 Å². The molecule has 1 aromatic rings. The molecule has 0 saturated carbocycles. The van der Waals surface area contributed by atoms with E-state index in [0.29, 0.717) is 37.0 Å². The minimum Gasteiger partial charge on any atom is -0.486 e. The molecule has 2 aliphatic rings. The molecule has 1 atom stereocenters. The van der Waals surface area contributed by atoms with Crippen molar-refractivity contribution >= 4 is 17.6 Å². The summed E-state index contributed by atoms with van der Waals surface area (Å²) in [4.78, 5) is 32.9. The summed E-state index contributed by atoms with van der Waals surface area (Å²) in [5, 5.41) is 5.57. The van der Waals surface area contributed by atoms with Crippen molar-refractivity contribution in [2.75, 3.05) is 27.2 Å². The highest BCUT2D eigenvalue weighted by molar-refractivity contribution is 5.97. The molecule has 0 aromatic carbocycles. The average Bonchev–Trinajstić information content (AvgIpc) is 3.03. The number of amides is 2. The van der Waals surface area contributed by atoms with Gasteiger partial charge in [0.25, 0.3) is 5.91 Å². The standard InChI is InChI=1S/C25H35N5O3/c1-17-11-8-7-9-14-33-19(15-17)22-27-20(18-16-29(6)12-10-13-30(18)22)23(31)28-21(24(32)26-5)25(2,3)4/h7-9,11,15,21H,1,10,12-14,16H2,2-6H3,(H,26,32)(H,28,31)/b9-7-,11-8-,19-15-/t21-/m1/s1. The maximum Gasteiger partial charge on any atom is 0.272 e. The molecule has 8 heteroatoms. The lowest BCUT2D eigenvalue weighted by molar-refractivity contribution is -0.124. The first-order chi connectivity index (χ1) is 15.6. The zero-order valence-corrected chi connectivity index (χ0v) is 20.3. The van der Waals surface area contributed by atoms with Crippen LogP contribution in [0.5, 0.6) is 0 Å². The minimum absolute atomic E-state index is 0.240. The predicted molar refractivity (Wildman–Crippen MR) is 129 cm³/mol. The van der Waals surface area contributed by atoms with E-state index < -0.39 is 11.5 Å². The van der Waals surface area contributed by atoms with Gasteiger partial charge in [-0.1, -0.05) is 45.6 Å². The molecule has 1 aromatic heterocycles. The highest BCUT2D eigenvalue weighted by Crippen LogP contribution is 2.27. The number of hydrogen-bond acceptors (Lipinski definition) is 5. The van der Waals surface area contributed by atoms with Crippen molar-refractivity contribution in [2.45, 2.75) is 46.3 Å². The fraction of sp³-hybridized carbons (Fsp3) is 0.480. The number of nitrogens with zero attached hydrogens (tertiary/aromatic N) is 3. The van der Waals surface area contributed by atoms with Crippen LogP contribution in [-0.4, -0.2) is 59.6 Å². The van der Waals surface area contributed by atoms with E-state index in [0.717, 1.165) is 24.2 Å². The van der Waals surface area contributed by atoms with Crippen molar-refractivity contribution in [1.82, 2.24) is 25.1 Å². The molecule has 2 N–H and O–H groups in total. The van der Waals surface area contributed by atoms with Gasteiger partial charge in [0.05, 0.1) is 5.69 Å². The van der Waals surface area contributed by atoms with Crippen LogP contribution >= 0.6 is 0 Å². The van der Waals surface area contributed by atoms with Gasteiger partial charge in [-0.2, -0.15) is 0 Å². The Morgan fingerprint density at radius 3 is 2.70 bits per heavy atom. The lowest BCUT2D eigenvalue weighted by Gasteiger charge is -2.29. The second-order valence-corrected chi connectivity index (χ2v) is 9.54. The van der Waals surface area contributed by atoms with Gasteiger partial charge in [0.1, 0.15) is 12.6 Å². The van der Waals surface area contributed by atoms with Crippen molar-refractivity contribution in [3.63, 3.8) is 0 Å². The Labute approximate surface area is 196 Å². The van der Waals surface area contributed by atoms with Gasteiger partial charge in [0.15, 0.2) is 17.3 Å². The maximum absolute atomic E-state index is 13.5. The van der Waals surface area contributed by atoms with E-state index >= 15 is 0 Å². The third-order valence-electron chi connectivity index (χ3n) is 5.71. The van der Waals surface area contributed by atoms with Crippen LogP contribution in [0, 0.1) is 5.41 Å². The SMILES string of the molecule is C=C1/C=C\C=C/CO/C(c2nc(C(=O)N[C@H](C(=O)NC)C(C)(C)C)c3n2CCCN(C)C3)=C\1. The lowest BCUT2D eigenvalue weighted by Crippen LogP contribution is -2.53. The third-order valence-corrected chi connectivity index (χ3v) is 5.71. The molecular formula is C25H35N5O3. The summed E-state index contributed by atoms with van der Waals surface area (Å²) >= 11 is 0. The second-order valence-electron chi connectivity index (χ2n) is 9.54. The Bertz CT molecular complexity index is 1010. The molecule has 0 spiro atoms. The maximum atomic E-state index is 13.5. The molecule has 0 fully saturated rings. The molecule has 0 radical (unpaired) electrons. The molecular weight excluding hydrogens is 418 g/mol. The summed E-state index contributed by atoms with van der Waals surface area (Å²) in [5.41, 5.74) is 1.44. The summed E-state index contributed by atoms with van der Waals surface area (Å²) in [6.45, 7) is 12.4. The van der Waals surface area contributed by atoms with Crippen molar-refractivity contribution in [2.24, 2.45) is 5.41 Å². The Balaban J connectivity index is 2.06. The van der Waals surface area contributed by atoms with E-state index in [1.165, 1.54) is 0 Å². The van der Waals surface area contributed by atoms with Crippen LogP contribution in [0.2, 0.25) is 0 Å². The number of ether oxygens (including phenoxy) is 1. The normalized spacial score (nSPS) is 21.6. The molecule has 33 heavy (non-hydrogen) atoms. The van der Waals surface area contributed by atoms with Crippen LogP contribution in [0.25, 0.3) is 5.76 Å². The van der Waals surface area contributed by atoms with E-state index in [1.54, 1.807) is 7.05 Å². The number of carbonyl (C=O) groups excluding carboxylic acids is 2. The van der Waals surface area contributed by atoms with Crippen molar-refractivity contribution < 1.29 is 14.3 Å². The van der Waals surface area contributed by atoms with Crippen LogP contribution in [0.3, 0.4) is 0 Å². The molecule has 2 amide bonds. The van der Waals surface area contributed by atoms with Crippen LogP contribution in [0.1, 0.15) is 49.2 Å². The Kier molecular flexibility index (Phi) is 7.58. The Hall–Kier alpha value is -3.13. The number of fused-ring (bicyclic) bond motifs is 1. The van der Waals surface area contributed by atoms with E-state index in [2.05, 4.69) is 26.7 Å². The molecule has 2 aliphatic heterocycles. The molecule has 0 aliphatic carbocycles. The fourth-order valence-electron chi connectivity index (χ4n) is 3.95. The van der Waals surface area contributed by atoms with E-state index in [-0.39, 0.29) is 11.8 Å². The van der Waals surface area contributed by atoms with Gasteiger partial charge < -0.3 is 24.8 Å². The Morgan fingerprint density at radius 1 is 1.24 bits per heavy atom. The van der Waals surface area contributed by atoms with Gasteiger partial charge in [-0.15, -0.1) is 0 Å². The summed E-state index contributed by atoms with van der Waals surface area (Å²) in [5.74, 6) is 0.559. The van der Waals surface area contributed by atoms with Crippen molar-refractivity contribution in [1.29, 1.82) is 0 Å². The van der Waals surface area contributed by atoms with Gasteiger partial charge in [0, 0.05) is 20.1 Å². The lowest BCUT2D eigenvalue weighted by atomic mass is 9.86. The smallest absolute Gasteiger partial charge is 0.272 e. The summed E-state index contributed by atoms with van der Waals surface area (Å²) in [6.07, 6.45) is 10.4. The molecule has 3 heterocycles. The van der Waals surface area contributed by atoms with Gasteiger partial charge in [-0.05, 0) is 43.2 Å². The molecule has 3 rings (SSSR count). The van der Waals surface area contributed by atoms with Crippen LogP contribution in [0.15, 0.2) is 42.5 Å². The number of nitrogens with one attached hydrogen (secondary N) is 2. The fourth-order valence-corrected chi connectivity index (χ4v) is 3.95. The average molecular weight is 454 g/mol. The number of aromatic nitrogens is 2. The number of hydrogen-bond donors (Lipinski definition) is 2. The monoisotopic (exact) mass is 453 g/mol. The molecule has 0 unspecified atom stereocenters. The second kappa shape index (κ2) is 10.2. The predicted octanol–water partition coefficient (Wildman–Crippen LogP) is 2.65. The third kappa shape index (κ3) is 5.82. The number of rotatable bonds is 4. The highest BCUT2D eigenvalue weighted by Gasteiger charge is 2.35. The number of carbonyl (C=O) groups is 2. The van der Waals surface area contributed by atoms with Crippen LogP contribution in [0.4, 0.5) is 0 Å². The summed E-state index contributed by atoms with van der Waals surface area (Å²) in [7, 11) is 3.60. The van der Waals surface area contributed by atoms with Gasteiger partial charge in [-0.25, -0.2) is 4.98 Å². The first kappa shape index (κ1) is 24.5. The van der Waals surface area contributed by atoms with E-state index in [4.69, 9.17) is 9.72 Å². The zero-order valence-electron chi connectivity index (χ0n) is 20.3. The highest BCUT2D eigenvalue weighted by atomic mass is 16.5. The number of likely N-dealkylation sites (N-methyl/N-ethyl adjacent to an activating group) is 1. The van der Waals surface area contributed by atoms with Crippen molar-refractivity contribution in [3.8, 4) is 0 Å². The largest absolute Gasteiger partial charge is 0.486 e. The van der Waals surface area contributed by atoms with Crippen molar-refractivity contribution in [3.05, 3.63) is 59.7 Å². The molecule has 8 nitrogen and oxygen atoms in total. The quantitative estimate of drug-likeness (QED) is 0.732. The number of allylic oxidation sites excluding steroid dienone is 5.